The second-order valence-electron chi connectivity index (χ2n) is 19.0. The molecule has 6 aromatic carbocycles. The molecule has 0 aliphatic heterocycles. The first-order valence-corrected chi connectivity index (χ1v) is 21.3. The van der Waals surface area contributed by atoms with E-state index in [4.69, 9.17) is 23.7 Å². The Labute approximate surface area is 383 Å². The molecule has 0 spiro atoms. The third-order valence-corrected chi connectivity index (χ3v) is 11.8. The van der Waals surface area contributed by atoms with Gasteiger partial charge in [0.15, 0.2) is 0 Å². The van der Waals surface area contributed by atoms with Crippen molar-refractivity contribution in [3.05, 3.63) is 167 Å². The van der Waals surface area contributed by atoms with E-state index in [-0.39, 0.29) is 39.5 Å². The van der Waals surface area contributed by atoms with Crippen molar-refractivity contribution in [3.8, 4) is 67.5 Å². The van der Waals surface area contributed by atoms with Crippen LogP contribution in [0.4, 0.5) is 0 Å². The number of phenols is 1. The zero-order chi connectivity index (χ0) is 52.7. The van der Waals surface area contributed by atoms with Crippen LogP contribution in [-0.2, 0) is 10.8 Å². The van der Waals surface area contributed by atoms with Crippen LogP contribution in [0.15, 0.2) is 133 Å². The molecule has 0 radical (unpaired) electrons. The van der Waals surface area contributed by atoms with E-state index in [2.05, 4.69) is 79.7 Å². The average Bonchev–Trinajstić information content (AvgIpc) is 3.69. The van der Waals surface area contributed by atoms with Gasteiger partial charge >= 0.3 is 0 Å². The molecule has 4 nitrogen and oxygen atoms in total. The highest BCUT2D eigenvalue weighted by Crippen LogP contribution is 2.44. The van der Waals surface area contributed by atoms with Crippen LogP contribution >= 0.6 is 0 Å². The number of pyridine rings is 1. The Morgan fingerprint density at radius 3 is 1.97 bits per heavy atom. The Hall–Kier alpha value is -6.26. The summed E-state index contributed by atoms with van der Waals surface area (Å²) in [5.41, 5.74) is 10.1. The summed E-state index contributed by atoms with van der Waals surface area (Å²) in [5, 5.41) is 12.3. The number of rotatable bonds is 8. The van der Waals surface area contributed by atoms with Crippen molar-refractivity contribution in [2.45, 2.75) is 106 Å². The van der Waals surface area contributed by atoms with E-state index in [9.17, 15) is 5.11 Å². The molecule has 2 heterocycles. The van der Waals surface area contributed by atoms with Crippen molar-refractivity contribution in [1.29, 1.82) is 0 Å². The van der Waals surface area contributed by atoms with Crippen molar-refractivity contribution in [2.75, 3.05) is 0 Å². The molecule has 2 aromatic heterocycles. The normalized spacial score (nSPS) is 15.0. The maximum Gasteiger partial charge on any atom is 0.149 e. The molecule has 0 unspecified atom stereocenters. The van der Waals surface area contributed by atoms with Crippen LogP contribution < -0.4 is 0 Å². The number of aromatic hydroxyl groups is 1. The zero-order valence-corrected chi connectivity index (χ0v) is 37.3. The molecule has 4 heteroatoms. The minimum Gasteiger partial charge on any atom is -0.507 e. The van der Waals surface area contributed by atoms with Gasteiger partial charge < -0.3 is 5.11 Å². The van der Waals surface area contributed by atoms with Gasteiger partial charge in [-0.1, -0.05) is 159 Å². The van der Waals surface area contributed by atoms with Crippen molar-refractivity contribution < 1.29 is 18.8 Å². The fraction of sp³-hybridized carbons (Fsp3) is 0.276. The number of fused-ring (bicyclic) bond motifs is 1. The summed E-state index contributed by atoms with van der Waals surface area (Å²) in [7, 11) is 0. The summed E-state index contributed by atoms with van der Waals surface area (Å²) in [5.74, 6) is 0.683. The van der Waals surface area contributed by atoms with E-state index in [0.29, 0.717) is 50.5 Å². The zero-order valence-electron chi connectivity index (χ0n) is 47.3. The van der Waals surface area contributed by atoms with Crippen LogP contribution in [0.25, 0.3) is 72.7 Å². The highest BCUT2D eigenvalue weighted by atomic mass is 16.3. The summed E-state index contributed by atoms with van der Waals surface area (Å²) >= 11 is 0. The van der Waals surface area contributed by atoms with Gasteiger partial charge in [0, 0.05) is 31.1 Å². The smallest absolute Gasteiger partial charge is 0.149 e. The average molecular weight is 826 g/mol. The summed E-state index contributed by atoms with van der Waals surface area (Å²) in [6.45, 7) is 15.9. The third kappa shape index (κ3) is 8.23. The summed E-state index contributed by atoms with van der Waals surface area (Å²) in [6, 6.07) is 30.8. The molecule has 0 saturated carbocycles. The minimum atomic E-state index is -2.84. The number of aromatic nitrogens is 3. The largest absolute Gasteiger partial charge is 0.507 e. The van der Waals surface area contributed by atoms with Gasteiger partial charge in [0.25, 0.3) is 0 Å². The van der Waals surface area contributed by atoms with Gasteiger partial charge in [0.1, 0.15) is 11.6 Å². The summed E-state index contributed by atoms with van der Waals surface area (Å²) < 4.78 is 86.0. The van der Waals surface area contributed by atoms with Crippen LogP contribution in [0, 0.1) is 13.7 Å². The molecule has 0 atom stereocenters. The second-order valence-corrected chi connectivity index (χ2v) is 19.0. The Bertz CT molecular complexity index is 3380. The van der Waals surface area contributed by atoms with E-state index >= 15 is 0 Å². The lowest BCUT2D eigenvalue weighted by Gasteiger charge is -2.22. The summed E-state index contributed by atoms with van der Waals surface area (Å²) in [4.78, 5) is 10.3. The van der Waals surface area contributed by atoms with E-state index in [1.165, 1.54) is 0 Å². The highest BCUT2D eigenvalue weighted by Gasteiger charge is 2.26. The van der Waals surface area contributed by atoms with Gasteiger partial charge in [-0.05, 0) is 129 Å². The van der Waals surface area contributed by atoms with Crippen molar-refractivity contribution in [1.82, 2.24) is 14.5 Å². The van der Waals surface area contributed by atoms with Crippen LogP contribution in [0.5, 0.6) is 5.75 Å². The van der Waals surface area contributed by atoms with Gasteiger partial charge in [0.05, 0.1) is 33.5 Å². The predicted molar refractivity (Wildman–Crippen MR) is 263 cm³/mol. The Morgan fingerprint density at radius 2 is 1.31 bits per heavy atom. The van der Waals surface area contributed by atoms with Crippen molar-refractivity contribution in [3.63, 3.8) is 0 Å². The van der Waals surface area contributed by atoms with Gasteiger partial charge in [-0.3, -0.25) is 9.55 Å². The van der Waals surface area contributed by atoms with Crippen LogP contribution in [0.3, 0.4) is 0 Å². The topological polar surface area (TPSA) is 50.9 Å². The standard InChI is InChI=1S/C58H61N3O/c1-35(2)42-32-48(36(3)4)55(62)50(33-42)56-60-54-47(14-13-15-53(54)61(56)52-25-18-38(6)28-49(52)40-21-23-45(24-22-40)57(7,8)9)43-29-44(31-46(30-43)58(10,11)12)51-34-41(26-27-59-51)39-19-16-37(5)17-20-39/h13-36,62H,1-12H3/i5D3,6D3,16D,17D,19D,20D. The van der Waals surface area contributed by atoms with Gasteiger partial charge in [0.2, 0.25) is 0 Å². The lowest BCUT2D eigenvalue weighted by atomic mass is 9.83. The van der Waals surface area contributed by atoms with E-state index in [1.807, 2.05) is 73.0 Å². The van der Waals surface area contributed by atoms with Gasteiger partial charge in [-0.15, -0.1) is 0 Å². The van der Waals surface area contributed by atoms with Gasteiger partial charge in [-0.2, -0.15) is 0 Å². The molecule has 1 N–H and O–H groups in total. The highest BCUT2D eigenvalue weighted by molar-refractivity contribution is 5.98. The first-order valence-electron chi connectivity index (χ1n) is 26.3. The SMILES string of the molecule is [2H]c1c([2H])c(C([2H])([2H])[2H])c([2H])c([2H])c1-c1ccnc(-c2cc(-c3cccc4c3nc(-c3cc(C(C)C)cc(C(C)C)c3O)n4-c3ccc(C([2H])([2H])[2H])cc3-c3ccc(C(C)(C)C)cc3)cc(C(C)(C)C)c2)c1. The number of imidazole rings is 1. The van der Waals surface area contributed by atoms with Crippen LogP contribution in [0.1, 0.15) is 128 Å². The molecular formula is C58H61N3O. The molecule has 62 heavy (non-hydrogen) atoms. The quantitative estimate of drug-likeness (QED) is 0.166. The minimum absolute atomic E-state index is 0.0195. The number of hydrogen-bond acceptors (Lipinski definition) is 3. The second kappa shape index (κ2) is 16.2. The van der Waals surface area contributed by atoms with E-state index < -0.39 is 43.4 Å². The molecule has 8 aromatic rings. The van der Waals surface area contributed by atoms with Gasteiger partial charge in [-0.25, -0.2) is 4.98 Å². The predicted octanol–water partition coefficient (Wildman–Crippen LogP) is 15.9. The fourth-order valence-corrected chi connectivity index (χ4v) is 8.06. The molecule has 0 aliphatic rings. The van der Waals surface area contributed by atoms with Crippen LogP contribution in [-0.4, -0.2) is 19.6 Å². The lowest BCUT2D eigenvalue weighted by Crippen LogP contribution is -2.11. The number of hydrogen-bond donors (Lipinski definition) is 1. The Morgan fingerprint density at radius 1 is 0.597 bits per heavy atom. The Kier molecular flexibility index (Phi) is 8.26. The molecule has 0 bridgehead atoms. The van der Waals surface area contributed by atoms with E-state index in [1.54, 1.807) is 30.5 Å². The number of benzene rings is 6. The first kappa shape index (κ1) is 31.6. The van der Waals surface area contributed by atoms with E-state index in [0.717, 1.165) is 38.9 Å². The molecule has 0 fully saturated rings. The number of phenolic OH excluding ortho intramolecular Hbond substituents is 1. The number of para-hydroxylation sites is 1. The molecule has 0 amide bonds. The maximum atomic E-state index is 12.3. The maximum absolute atomic E-state index is 12.3. The molecule has 8 rings (SSSR count). The van der Waals surface area contributed by atoms with Crippen LogP contribution in [0.2, 0.25) is 0 Å². The monoisotopic (exact) mass is 826 g/mol. The molecule has 314 valence electrons. The summed E-state index contributed by atoms with van der Waals surface area (Å²) in [6.07, 6.45) is 1.54. The lowest BCUT2D eigenvalue weighted by molar-refractivity contribution is 0.466. The van der Waals surface area contributed by atoms with Crippen molar-refractivity contribution in [2.24, 2.45) is 0 Å². The molecular weight excluding hydrogens is 755 g/mol. The fourth-order valence-electron chi connectivity index (χ4n) is 8.06. The number of nitrogens with zero attached hydrogens (tertiary/aromatic N) is 3. The Balaban J connectivity index is 1.43. The van der Waals surface area contributed by atoms with Crippen molar-refractivity contribution >= 4 is 11.0 Å². The molecule has 0 aliphatic carbocycles. The number of aryl methyl sites for hydroxylation is 1. The third-order valence-electron chi connectivity index (χ3n) is 11.8. The molecule has 0 saturated heterocycles. The first-order chi connectivity index (χ1) is 33.5.